The second kappa shape index (κ2) is 7.11. The number of halogens is 1. The summed E-state index contributed by atoms with van der Waals surface area (Å²) in [6, 6.07) is 6.22. The van der Waals surface area contributed by atoms with Crippen LogP contribution in [0.15, 0.2) is 18.2 Å². The quantitative estimate of drug-likeness (QED) is 0.782. The van der Waals surface area contributed by atoms with Crippen LogP contribution in [0.5, 0.6) is 0 Å². The maximum atomic E-state index is 12.6. The van der Waals surface area contributed by atoms with E-state index in [1.54, 1.807) is 18.2 Å². The molecule has 3 rings (SSSR count). The van der Waals surface area contributed by atoms with Crippen molar-refractivity contribution >= 4 is 29.1 Å². The molecule has 2 aliphatic heterocycles. The van der Waals surface area contributed by atoms with Gasteiger partial charge in [-0.25, -0.2) is 0 Å². The Kier molecular flexibility index (Phi) is 5.11. The van der Waals surface area contributed by atoms with E-state index in [0.717, 1.165) is 12.8 Å². The van der Waals surface area contributed by atoms with Gasteiger partial charge < -0.3 is 16.0 Å². The summed E-state index contributed by atoms with van der Waals surface area (Å²) in [5.41, 5.74) is 0.998. The molecule has 2 amide bonds. The van der Waals surface area contributed by atoms with E-state index in [1.807, 2.05) is 13.8 Å². The van der Waals surface area contributed by atoms with Crippen LogP contribution in [0.2, 0.25) is 5.02 Å². The van der Waals surface area contributed by atoms with Crippen molar-refractivity contribution in [1.82, 2.24) is 10.6 Å². The third-order valence-electron chi connectivity index (χ3n) is 4.81. The van der Waals surface area contributed by atoms with Crippen LogP contribution >= 0.6 is 11.6 Å². The molecule has 24 heavy (non-hydrogen) atoms. The minimum Gasteiger partial charge on any atom is -0.349 e. The van der Waals surface area contributed by atoms with Gasteiger partial charge in [0.2, 0.25) is 5.91 Å². The number of amides is 2. The van der Waals surface area contributed by atoms with Crippen LogP contribution in [0.4, 0.5) is 5.69 Å². The third kappa shape index (κ3) is 3.90. The lowest BCUT2D eigenvalue weighted by Crippen LogP contribution is -2.48. The smallest absolute Gasteiger partial charge is 0.253 e. The monoisotopic (exact) mass is 349 g/mol. The summed E-state index contributed by atoms with van der Waals surface area (Å²) in [4.78, 5) is 24.4. The van der Waals surface area contributed by atoms with Crippen LogP contribution in [-0.4, -0.2) is 29.9 Å². The van der Waals surface area contributed by atoms with Crippen molar-refractivity contribution in [3.05, 3.63) is 28.8 Å². The molecule has 2 atom stereocenters. The highest BCUT2D eigenvalue weighted by atomic mass is 35.5. The van der Waals surface area contributed by atoms with E-state index in [0.29, 0.717) is 28.4 Å². The Morgan fingerprint density at radius 2 is 1.88 bits per heavy atom. The molecule has 6 heteroatoms. The zero-order chi connectivity index (χ0) is 17.3. The predicted molar refractivity (Wildman–Crippen MR) is 95.4 cm³/mol. The van der Waals surface area contributed by atoms with Crippen molar-refractivity contribution in [1.29, 1.82) is 0 Å². The van der Waals surface area contributed by atoms with Gasteiger partial charge in [-0.1, -0.05) is 25.4 Å². The number of fused-ring (bicyclic) bond motifs is 2. The zero-order valence-electron chi connectivity index (χ0n) is 14.1. The summed E-state index contributed by atoms with van der Waals surface area (Å²) in [7, 11) is 0. The number of hydrogen-bond acceptors (Lipinski definition) is 3. The van der Waals surface area contributed by atoms with Gasteiger partial charge in [0.25, 0.3) is 5.91 Å². The molecule has 1 aromatic rings. The highest BCUT2D eigenvalue weighted by molar-refractivity contribution is 6.34. The van der Waals surface area contributed by atoms with Crippen molar-refractivity contribution in [2.75, 3.05) is 5.32 Å². The molecule has 2 heterocycles. The number of hydrogen-bond donors (Lipinski definition) is 3. The maximum Gasteiger partial charge on any atom is 0.253 e. The molecule has 5 nitrogen and oxygen atoms in total. The Bertz CT molecular complexity index is 635. The fourth-order valence-electron chi connectivity index (χ4n) is 3.50. The van der Waals surface area contributed by atoms with Gasteiger partial charge in [0.1, 0.15) is 0 Å². The maximum absolute atomic E-state index is 12.6. The standard InChI is InChI=1S/C18H24ClN3O2/c1-10(2)17(23)21-13-5-6-16(19)15(9-13)18(24)22-14-7-11-3-4-12(8-14)20-11/h5-6,9-12,14,20H,3-4,7-8H2,1-2H3,(H,21,23)(H,22,24). The molecule has 0 spiro atoms. The lowest BCUT2D eigenvalue weighted by molar-refractivity contribution is -0.118. The van der Waals surface area contributed by atoms with E-state index in [9.17, 15) is 9.59 Å². The number of rotatable bonds is 4. The van der Waals surface area contributed by atoms with E-state index in [1.165, 1.54) is 12.8 Å². The first-order valence-electron chi connectivity index (χ1n) is 8.59. The van der Waals surface area contributed by atoms with Gasteiger partial charge in [-0.15, -0.1) is 0 Å². The van der Waals surface area contributed by atoms with Gasteiger partial charge >= 0.3 is 0 Å². The molecule has 2 aliphatic rings. The van der Waals surface area contributed by atoms with Gasteiger partial charge in [0.05, 0.1) is 10.6 Å². The van der Waals surface area contributed by atoms with Gasteiger partial charge in [-0.05, 0) is 43.9 Å². The Labute approximate surface area is 147 Å². The molecule has 2 fully saturated rings. The van der Waals surface area contributed by atoms with E-state index in [-0.39, 0.29) is 23.8 Å². The van der Waals surface area contributed by atoms with Crippen molar-refractivity contribution in [2.24, 2.45) is 5.92 Å². The summed E-state index contributed by atoms with van der Waals surface area (Å²) >= 11 is 6.19. The van der Waals surface area contributed by atoms with Crippen molar-refractivity contribution < 1.29 is 9.59 Å². The Balaban J connectivity index is 1.68. The van der Waals surface area contributed by atoms with E-state index >= 15 is 0 Å². The minimum atomic E-state index is -0.174. The molecule has 130 valence electrons. The Morgan fingerprint density at radius 3 is 2.50 bits per heavy atom. The predicted octanol–water partition coefficient (Wildman–Crippen LogP) is 2.95. The number of piperidine rings is 1. The number of benzene rings is 1. The number of carbonyl (C=O) groups excluding carboxylic acids is 2. The summed E-state index contributed by atoms with van der Waals surface area (Å²) in [6.45, 7) is 3.65. The first-order valence-corrected chi connectivity index (χ1v) is 8.97. The topological polar surface area (TPSA) is 70.2 Å². The third-order valence-corrected chi connectivity index (χ3v) is 5.14. The summed E-state index contributed by atoms with van der Waals surface area (Å²) < 4.78 is 0. The van der Waals surface area contributed by atoms with E-state index in [2.05, 4.69) is 16.0 Å². The second-order valence-electron chi connectivity index (χ2n) is 7.12. The molecule has 0 aromatic heterocycles. The Morgan fingerprint density at radius 1 is 1.21 bits per heavy atom. The lowest BCUT2D eigenvalue weighted by atomic mass is 9.99. The minimum absolute atomic E-state index is 0.0846. The van der Waals surface area contributed by atoms with Gasteiger partial charge in [-0.3, -0.25) is 9.59 Å². The van der Waals surface area contributed by atoms with Crippen LogP contribution < -0.4 is 16.0 Å². The van der Waals surface area contributed by atoms with Gasteiger partial charge in [-0.2, -0.15) is 0 Å². The molecule has 0 aliphatic carbocycles. The normalized spacial score (nSPS) is 25.6. The van der Waals surface area contributed by atoms with Crippen molar-refractivity contribution in [2.45, 2.75) is 57.7 Å². The lowest BCUT2D eigenvalue weighted by Gasteiger charge is -2.29. The molecule has 0 saturated carbocycles. The zero-order valence-corrected chi connectivity index (χ0v) is 14.8. The fourth-order valence-corrected chi connectivity index (χ4v) is 3.71. The van der Waals surface area contributed by atoms with E-state index < -0.39 is 0 Å². The number of nitrogens with one attached hydrogen (secondary N) is 3. The van der Waals surface area contributed by atoms with Gasteiger partial charge in [0, 0.05) is 29.7 Å². The first kappa shape index (κ1) is 17.2. The molecule has 2 saturated heterocycles. The molecule has 3 N–H and O–H groups in total. The highest BCUT2D eigenvalue weighted by Crippen LogP contribution is 2.27. The SMILES string of the molecule is CC(C)C(=O)Nc1ccc(Cl)c(C(=O)NC2CC3CCC(C2)N3)c1. The molecule has 1 aromatic carbocycles. The Hall–Kier alpha value is -1.59. The van der Waals surface area contributed by atoms with Crippen LogP contribution in [-0.2, 0) is 4.79 Å². The molecular formula is C18H24ClN3O2. The molecule has 0 radical (unpaired) electrons. The fraction of sp³-hybridized carbons (Fsp3) is 0.556. The first-order chi connectivity index (χ1) is 11.4. The van der Waals surface area contributed by atoms with E-state index in [4.69, 9.17) is 11.6 Å². The molecular weight excluding hydrogens is 326 g/mol. The molecule has 2 bridgehead atoms. The summed E-state index contributed by atoms with van der Waals surface area (Å²) in [5, 5.41) is 9.86. The van der Waals surface area contributed by atoms with Crippen LogP contribution in [0.25, 0.3) is 0 Å². The number of carbonyl (C=O) groups is 2. The average molecular weight is 350 g/mol. The van der Waals surface area contributed by atoms with Crippen molar-refractivity contribution in [3.63, 3.8) is 0 Å². The number of anilines is 1. The van der Waals surface area contributed by atoms with Crippen molar-refractivity contribution in [3.8, 4) is 0 Å². The summed E-state index contributed by atoms with van der Waals surface area (Å²) in [5.74, 6) is -0.381. The second-order valence-corrected chi connectivity index (χ2v) is 7.53. The van der Waals surface area contributed by atoms with Crippen LogP contribution in [0.3, 0.4) is 0 Å². The highest BCUT2D eigenvalue weighted by Gasteiger charge is 2.34. The van der Waals surface area contributed by atoms with Crippen LogP contribution in [0, 0.1) is 5.92 Å². The summed E-state index contributed by atoms with van der Waals surface area (Å²) in [6.07, 6.45) is 4.30. The van der Waals surface area contributed by atoms with Gasteiger partial charge in [0.15, 0.2) is 0 Å². The largest absolute Gasteiger partial charge is 0.349 e. The molecule has 2 unspecified atom stereocenters. The van der Waals surface area contributed by atoms with Crippen LogP contribution in [0.1, 0.15) is 49.9 Å². The average Bonchev–Trinajstić information content (AvgIpc) is 2.87.